The molecule has 0 rings (SSSR count). The first-order valence-electron chi connectivity index (χ1n) is 4.60. The van der Waals surface area contributed by atoms with Gasteiger partial charge in [-0.1, -0.05) is 6.92 Å². The van der Waals surface area contributed by atoms with Gasteiger partial charge in [-0.15, -0.1) is 0 Å². The summed E-state index contributed by atoms with van der Waals surface area (Å²) in [7, 11) is 0. The zero-order valence-corrected chi connectivity index (χ0v) is 8.28. The first kappa shape index (κ1) is 14.5. The van der Waals surface area contributed by atoms with Crippen molar-refractivity contribution in [1.29, 1.82) is 0 Å². The van der Waals surface area contributed by atoms with Gasteiger partial charge >= 0.3 is 0 Å². The Morgan fingerprint density at radius 3 is 2.07 bits per heavy atom. The Kier molecular flexibility index (Phi) is 6.62. The number of aliphatic hydroxyl groups excluding tert-OH is 5. The fraction of sp³-hybridized carbons (Fsp3) is 0.778. The third-order valence-electron chi connectivity index (χ3n) is 2.01. The molecule has 15 heavy (non-hydrogen) atoms. The highest BCUT2D eigenvalue weighted by molar-refractivity contribution is 5.83. The largest absolute Gasteiger partial charge is 0.394 e. The predicted octanol–water partition coefficient (Wildman–Crippen LogP) is -2.39. The number of ketones is 1. The van der Waals surface area contributed by atoms with Crippen LogP contribution in [-0.2, 0) is 4.79 Å². The Labute approximate surface area is 87.8 Å². The van der Waals surface area contributed by atoms with Crippen molar-refractivity contribution in [2.24, 2.45) is 0 Å². The van der Waals surface area contributed by atoms with Gasteiger partial charge in [0.1, 0.15) is 24.4 Å². The van der Waals surface area contributed by atoms with Crippen molar-refractivity contribution in [2.45, 2.75) is 37.3 Å². The molecule has 6 nitrogen and oxygen atoms in total. The molecule has 0 bridgehead atoms. The second-order valence-corrected chi connectivity index (χ2v) is 3.25. The van der Waals surface area contributed by atoms with E-state index in [4.69, 9.17) is 10.2 Å². The Bertz CT molecular complexity index is 195. The molecule has 4 atom stereocenters. The van der Waals surface area contributed by atoms with E-state index in [9.17, 15) is 20.1 Å². The third kappa shape index (κ3) is 4.23. The van der Waals surface area contributed by atoms with E-state index in [1.54, 1.807) is 0 Å². The zero-order chi connectivity index (χ0) is 12.0. The van der Waals surface area contributed by atoms with Crippen molar-refractivity contribution in [2.75, 3.05) is 6.61 Å². The number of rotatable bonds is 7. The molecule has 0 aliphatic rings. The van der Waals surface area contributed by atoms with Crippen molar-refractivity contribution < 1.29 is 30.3 Å². The number of aliphatic hydroxyl groups is 5. The van der Waals surface area contributed by atoms with Gasteiger partial charge in [0, 0.05) is 6.42 Å². The second-order valence-electron chi connectivity index (χ2n) is 3.25. The summed E-state index contributed by atoms with van der Waals surface area (Å²) in [6.07, 6.45) is -6.71. The van der Waals surface area contributed by atoms with Gasteiger partial charge in [-0.05, 0) is 6.42 Å². The Morgan fingerprint density at radius 1 is 1.13 bits per heavy atom. The molecule has 0 heterocycles. The van der Waals surface area contributed by atoms with E-state index in [1.165, 1.54) is 0 Å². The van der Waals surface area contributed by atoms with Crippen LogP contribution in [0.15, 0.2) is 0 Å². The molecule has 6 heteroatoms. The van der Waals surface area contributed by atoms with Crippen LogP contribution in [0.1, 0.15) is 12.8 Å². The summed E-state index contributed by atoms with van der Waals surface area (Å²) in [4.78, 5) is 11.1. The maximum absolute atomic E-state index is 11.1. The lowest BCUT2D eigenvalue weighted by Gasteiger charge is -2.24. The molecule has 0 fully saturated rings. The number of hydrogen-bond acceptors (Lipinski definition) is 6. The molecule has 0 aliphatic heterocycles. The molecule has 1 radical (unpaired) electrons. The normalized spacial score (nSPS) is 19.3. The van der Waals surface area contributed by atoms with E-state index in [0.29, 0.717) is 0 Å². The Balaban J connectivity index is 4.29. The zero-order valence-electron chi connectivity index (χ0n) is 8.28. The maximum Gasteiger partial charge on any atom is 0.164 e. The summed E-state index contributed by atoms with van der Waals surface area (Å²) in [6.45, 7) is 2.63. The monoisotopic (exact) mass is 221 g/mol. The van der Waals surface area contributed by atoms with Crippen LogP contribution < -0.4 is 0 Å². The van der Waals surface area contributed by atoms with Crippen molar-refractivity contribution >= 4 is 5.78 Å². The summed E-state index contributed by atoms with van der Waals surface area (Å²) in [5.74, 6) is -0.665. The van der Waals surface area contributed by atoms with E-state index < -0.39 is 36.8 Å². The predicted molar refractivity (Wildman–Crippen MR) is 50.7 cm³/mol. The lowest BCUT2D eigenvalue weighted by Crippen LogP contribution is -2.48. The second kappa shape index (κ2) is 6.86. The van der Waals surface area contributed by atoms with Crippen LogP contribution in [0.2, 0.25) is 0 Å². The van der Waals surface area contributed by atoms with Gasteiger partial charge in [0.25, 0.3) is 0 Å². The van der Waals surface area contributed by atoms with E-state index in [-0.39, 0.29) is 12.8 Å². The number of carbonyl (C=O) groups is 1. The Hall–Kier alpha value is -0.530. The van der Waals surface area contributed by atoms with Crippen LogP contribution in [0.3, 0.4) is 0 Å². The Morgan fingerprint density at radius 2 is 1.67 bits per heavy atom. The van der Waals surface area contributed by atoms with Crippen LogP contribution in [-0.4, -0.2) is 62.3 Å². The molecule has 0 saturated carbocycles. The van der Waals surface area contributed by atoms with Gasteiger partial charge in [-0.2, -0.15) is 0 Å². The standard InChI is InChI=1S/C9H17O6/c1-2-3-5(11)7(13)9(15)8(14)6(12)4-10/h6-10,12-15H,1-4H2/t6-,7+,8-,9-/m1/s1. The highest BCUT2D eigenvalue weighted by Gasteiger charge is 2.33. The van der Waals surface area contributed by atoms with Gasteiger partial charge in [0.2, 0.25) is 0 Å². The molecule has 0 amide bonds. The molecule has 0 spiro atoms. The van der Waals surface area contributed by atoms with Gasteiger partial charge in [0.15, 0.2) is 5.78 Å². The smallest absolute Gasteiger partial charge is 0.164 e. The molecular weight excluding hydrogens is 204 g/mol. The van der Waals surface area contributed by atoms with Crippen LogP contribution in [0.25, 0.3) is 0 Å². The van der Waals surface area contributed by atoms with E-state index in [0.717, 1.165) is 0 Å². The quantitative estimate of drug-likeness (QED) is 0.327. The highest BCUT2D eigenvalue weighted by atomic mass is 16.4. The highest BCUT2D eigenvalue weighted by Crippen LogP contribution is 2.08. The van der Waals surface area contributed by atoms with Crippen LogP contribution >= 0.6 is 0 Å². The number of hydrogen-bond donors (Lipinski definition) is 5. The summed E-state index contributed by atoms with van der Waals surface area (Å²) in [6, 6.07) is 0. The van der Waals surface area contributed by atoms with Crippen LogP contribution in [0.4, 0.5) is 0 Å². The van der Waals surface area contributed by atoms with Crippen molar-refractivity contribution in [1.82, 2.24) is 0 Å². The molecule has 0 aromatic rings. The van der Waals surface area contributed by atoms with Crippen molar-refractivity contribution in [3.63, 3.8) is 0 Å². The van der Waals surface area contributed by atoms with Crippen LogP contribution in [0.5, 0.6) is 0 Å². The molecule has 0 aromatic heterocycles. The minimum atomic E-state index is -1.81. The lowest BCUT2D eigenvalue weighted by atomic mass is 9.98. The minimum absolute atomic E-state index is 0.0276. The average Bonchev–Trinajstić information content (AvgIpc) is 2.25. The maximum atomic E-state index is 11.1. The third-order valence-corrected chi connectivity index (χ3v) is 2.01. The number of carbonyl (C=O) groups excluding carboxylic acids is 1. The fourth-order valence-corrected chi connectivity index (χ4v) is 1.03. The minimum Gasteiger partial charge on any atom is -0.394 e. The molecular formula is C9H17O6. The topological polar surface area (TPSA) is 118 Å². The summed E-state index contributed by atoms with van der Waals surface area (Å²) >= 11 is 0. The summed E-state index contributed by atoms with van der Waals surface area (Å²) in [5.41, 5.74) is 0. The van der Waals surface area contributed by atoms with Crippen LogP contribution in [0, 0.1) is 6.92 Å². The lowest BCUT2D eigenvalue weighted by molar-refractivity contribution is -0.146. The van der Waals surface area contributed by atoms with Crippen molar-refractivity contribution in [3.05, 3.63) is 6.92 Å². The molecule has 0 saturated heterocycles. The first-order valence-corrected chi connectivity index (χ1v) is 4.60. The molecule has 0 aromatic carbocycles. The van der Waals surface area contributed by atoms with E-state index >= 15 is 0 Å². The average molecular weight is 221 g/mol. The summed E-state index contributed by atoms with van der Waals surface area (Å²) in [5, 5.41) is 45.2. The summed E-state index contributed by atoms with van der Waals surface area (Å²) < 4.78 is 0. The SMILES string of the molecule is [CH2]CCC(=O)[C@H](O)[C@@H](O)[C@H](O)[C@H](O)CO. The molecule has 89 valence electrons. The van der Waals surface area contributed by atoms with Gasteiger partial charge < -0.3 is 25.5 Å². The van der Waals surface area contributed by atoms with Gasteiger partial charge in [0.05, 0.1) is 6.61 Å². The first-order chi connectivity index (χ1) is 6.95. The van der Waals surface area contributed by atoms with Gasteiger partial charge in [-0.25, -0.2) is 0 Å². The fourth-order valence-electron chi connectivity index (χ4n) is 1.03. The van der Waals surface area contributed by atoms with Crippen molar-refractivity contribution in [3.8, 4) is 0 Å². The van der Waals surface area contributed by atoms with Gasteiger partial charge in [-0.3, -0.25) is 4.79 Å². The molecule has 0 aliphatic carbocycles. The number of Topliss-reactive ketones (excluding diaryl/α,β-unsaturated/α-hetero) is 1. The molecule has 0 unspecified atom stereocenters. The molecule has 5 N–H and O–H groups in total. The van der Waals surface area contributed by atoms with E-state index in [1.807, 2.05) is 0 Å². The van der Waals surface area contributed by atoms with E-state index in [2.05, 4.69) is 6.92 Å².